The number of hydrogen-bond donors (Lipinski definition) is 2. The molecule has 14 heavy (non-hydrogen) atoms. The third-order valence-corrected chi connectivity index (χ3v) is 5.25. The maximum Gasteiger partial charge on any atom is 0.215 e. The lowest BCUT2D eigenvalue weighted by atomic mass is 10.0. The van der Waals surface area contributed by atoms with Crippen LogP contribution in [-0.2, 0) is 10.0 Å². The molecule has 5 heteroatoms. The Labute approximate surface area is 84.8 Å². The van der Waals surface area contributed by atoms with E-state index < -0.39 is 15.6 Å². The summed E-state index contributed by atoms with van der Waals surface area (Å²) < 4.78 is 26.1. The SMILES string of the molecule is O=S(=O)(NC1(CO)CCCC1)C1CC1. The van der Waals surface area contributed by atoms with E-state index >= 15 is 0 Å². The van der Waals surface area contributed by atoms with Crippen LogP contribution in [-0.4, -0.2) is 30.9 Å². The van der Waals surface area contributed by atoms with Crippen LogP contribution in [0.2, 0.25) is 0 Å². The van der Waals surface area contributed by atoms with Crippen LogP contribution >= 0.6 is 0 Å². The topological polar surface area (TPSA) is 66.4 Å². The Hall–Kier alpha value is -0.130. The van der Waals surface area contributed by atoms with Crippen molar-refractivity contribution in [2.24, 2.45) is 0 Å². The van der Waals surface area contributed by atoms with E-state index in [0.717, 1.165) is 38.5 Å². The van der Waals surface area contributed by atoms with Crippen molar-refractivity contribution < 1.29 is 13.5 Å². The van der Waals surface area contributed by atoms with Crippen LogP contribution in [0, 0.1) is 0 Å². The van der Waals surface area contributed by atoms with Crippen molar-refractivity contribution in [1.82, 2.24) is 4.72 Å². The molecule has 0 unspecified atom stereocenters. The zero-order valence-corrected chi connectivity index (χ0v) is 9.02. The summed E-state index contributed by atoms with van der Waals surface area (Å²) in [4.78, 5) is 0. The van der Waals surface area contributed by atoms with E-state index in [9.17, 15) is 13.5 Å². The van der Waals surface area contributed by atoms with Crippen LogP contribution in [0.25, 0.3) is 0 Å². The highest BCUT2D eigenvalue weighted by Gasteiger charge is 2.43. The zero-order chi connectivity index (χ0) is 10.2. The molecule has 4 nitrogen and oxygen atoms in total. The Balaban J connectivity index is 2.07. The first kappa shape index (κ1) is 10.4. The van der Waals surface area contributed by atoms with Gasteiger partial charge >= 0.3 is 0 Å². The normalized spacial score (nSPS) is 26.6. The van der Waals surface area contributed by atoms with Crippen LogP contribution in [0.5, 0.6) is 0 Å². The standard InChI is InChI=1S/C9H17NO3S/c11-7-9(5-1-2-6-9)10-14(12,13)8-3-4-8/h8,10-11H,1-7H2. The summed E-state index contributed by atoms with van der Waals surface area (Å²) in [5, 5.41) is 9.07. The number of nitrogens with one attached hydrogen (secondary N) is 1. The molecule has 2 N–H and O–H groups in total. The monoisotopic (exact) mass is 219 g/mol. The van der Waals surface area contributed by atoms with Crippen molar-refractivity contribution in [3.8, 4) is 0 Å². The molecule has 0 heterocycles. The van der Waals surface area contributed by atoms with Gasteiger partial charge in [-0.2, -0.15) is 0 Å². The fraction of sp³-hybridized carbons (Fsp3) is 1.00. The minimum Gasteiger partial charge on any atom is -0.394 e. The van der Waals surface area contributed by atoms with Gasteiger partial charge in [0.05, 0.1) is 17.4 Å². The number of sulfonamides is 1. The molecule has 0 amide bonds. The minimum atomic E-state index is -3.15. The van der Waals surface area contributed by atoms with Crippen LogP contribution in [0.15, 0.2) is 0 Å². The maximum absolute atomic E-state index is 11.7. The molecule has 0 aliphatic heterocycles. The fourth-order valence-electron chi connectivity index (χ4n) is 2.11. The summed E-state index contributed by atoms with van der Waals surface area (Å²) in [7, 11) is -3.15. The zero-order valence-electron chi connectivity index (χ0n) is 8.20. The highest BCUT2D eigenvalue weighted by atomic mass is 32.2. The first-order valence-corrected chi connectivity index (χ1v) is 6.76. The molecule has 0 bridgehead atoms. The summed E-state index contributed by atoms with van der Waals surface area (Å²) in [6.07, 6.45) is 5.11. The summed E-state index contributed by atoms with van der Waals surface area (Å²) >= 11 is 0. The van der Waals surface area contributed by atoms with Gasteiger partial charge in [-0.05, 0) is 25.7 Å². The van der Waals surface area contributed by atoms with Gasteiger partial charge in [-0.25, -0.2) is 13.1 Å². The minimum absolute atomic E-state index is 0.0705. The summed E-state index contributed by atoms with van der Waals surface area (Å²) in [6, 6.07) is 0. The van der Waals surface area contributed by atoms with Gasteiger partial charge < -0.3 is 5.11 Å². The molecule has 0 aromatic heterocycles. The molecule has 2 fully saturated rings. The Kier molecular flexibility index (Phi) is 2.57. The first-order chi connectivity index (χ1) is 6.58. The predicted octanol–water partition coefficient (Wildman–Crippen LogP) is 0.373. The van der Waals surface area contributed by atoms with Crippen LogP contribution in [0.1, 0.15) is 38.5 Å². The molecule has 0 saturated heterocycles. The van der Waals surface area contributed by atoms with Crippen LogP contribution in [0.3, 0.4) is 0 Å². The molecule has 2 rings (SSSR count). The number of hydrogen-bond acceptors (Lipinski definition) is 3. The van der Waals surface area contributed by atoms with E-state index in [2.05, 4.69) is 4.72 Å². The van der Waals surface area contributed by atoms with E-state index in [0.29, 0.717) is 0 Å². The predicted molar refractivity (Wildman–Crippen MR) is 53.4 cm³/mol. The molecule has 82 valence electrons. The summed E-state index contributed by atoms with van der Waals surface area (Å²) in [6.45, 7) is -0.0705. The maximum atomic E-state index is 11.7. The Morgan fingerprint density at radius 1 is 1.29 bits per heavy atom. The Bertz CT molecular complexity index is 302. The molecule has 0 aromatic carbocycles. The van der Waals surface area contributed by atoms with Crippen molar-refractivity contribution in [3.05, 3.63) is 0 Å². The average Bonchev–Trinajstić information content (AvgIpc) is 2.90. The number of rotatable bonds is 4. The smallest absolute Gasteiger partial charge is 0.215 e. The van der Waals surface area contributed by atoms with E-state index in [1.165, 1.54) is 0 Å². The first-order valence-electron chi connectivity index (χ1n) is 5.22. The van der Waals surface area contributed by atoms with E-state index in [1.54, 1.807) is 0 Å². The second-order valence-corrected chi connectivity index (χ2v) is 6.45. The van der Waals surface area contributed by atoms with Gasteiger partial charge in [-0.3, -0.25) is 0 Å². The molecular formula is C9H17NO3S. The second-order valence-electron chi connectivity index (χ2n) is 4.49. The van der Waals surface area contributed by atoms with E-state index in [-0.39, 0.29) is 11.9 Å². The van der Waals surface area contributed by atoms with Gasteiger partial charge in [0.25, 0.3) is 0 Å². The molecule has 2 aliphatic rings. The third kappa shape index (κ3) is 1.94. The molecule has 0 radical (unpaired) electrons. The van der Waals surface area contributed by atoms with Gasteiger partial charge in [0, 0.05) is 0 Å². The van der Waals surface area contributed by atoms with Crippen molar-refractivity contribution in [2.75, 3.05) is 6.61 Å². The fourth-order valence-corrected chi connectivity index (χ4v) is 3.90. The number of aliphatic hydroxyl groups is 1. The Morgan fingerprint density at radius 3 is 2.29 bits per heavy atom. The second kappa shape index (κ2) is 3.47. The quantitative estimate of drug-likeness (QED) is 0.718. The molecule has 2 aliphatic carbocycles. The van der Waals surface area contributed by atoms with Gasteiger partial charge in [0.2, 0.25) is 10.0 Å². The summed E-state index contributed by atoms with van der Waals surface area (Å²) in [5.41, 5.74) is -0.540. The lowest BCUT2D eigenvalue weighted by Crippen LogP contribution is -2.50. The Morgan fingerprint density at radius 2 is 1.86 bits per heavy atom. The van der Waals surface area contributed by atoms with E-state index in [4.69, 9.17) is 0 Å². The van der Waals surface area contributed by atoms with Crippen molar-refractivity contribution >= 4 is 10.0 Å². The van der Waals surface area contributed by atoms with Gasteiger partial charge in [0.15, 0.2) is 0 Å². The van der Waals surface area contributed by atoms with Crippen molar-refractivity contribution in [2.45, 2.75) is 49.3 Å². The molecule has 2 saturated carbocycles. The van der Waals surface area contributed by atoms with Crippen LogP contribution < -0.4 is 4.72 Å². The lowest BCUT2D eigenvalue weighted by Gasteiger charge is -2.27. The molecule has 0 atom stereocenters. The van der Waals surface area contributed by atoms with E-state index in [1.807, 2.05) is 0 Å². The molecule has 0 aromatic rings. The highest BCUT2D eigenvalue weighted by molar-refractivity contribution is 7.90. The lowest BCUT2D eigenvalue weighted by molar-refractivity contribution is 0.185. The largest absolute Gasteiger partial charge is 0.394 e. The molecular weight excluding hydrogens is 202 g/mol. The summed E-state index contributed by atoms with van der Waals surface area (Å²) in [5.74, 6) is 0. The van der Waals surface area contributed by atoms with Crippen molar-refractivity contribution in [3.63, 3.8) is 0 Å². The van der Waals surface area contributed by atoms with Gasteiger partial charge in [0.1, 0.15) is 0 Å². The van der Waals surface area contributed by atoms with Gasteiger partial charge in [-0.1, -0.05) is 12.8 Å². The molecule has 0 spiro atoms. The third-order valence-electron chi connectivity index (χ3n) is 3.19. The van der Waals surface area contributed by atoms with Crippen molar-refractivity contribution in [1.29, 1.82) is 0 Å². The number of aliphatic hydroxyl groups excluding tert-OH is 1. The average molecular weight is 219 g/mol. The van der Waals surface area contributed by atoms with Gasteiger partial charge in [-0.15, -0.1) is 0 Å². The van der Waals surface area contributed by atoms with Crippen LogP contribution in [0.4, 0.5) is 0 Å². The highest BCUT2D eigenvalue weighted by Crippen LogP contribution is 2.34.